The maximum atomic E-state index is 12.6. The van der Waals surface area contributed by atoms with Crippen molar-refractivity contribution in [1.29, 1.82) is 0 Å². The summed E-state index contributed by atoms with van der Waals surface area (Å²) in [4.78, 5) is 26.3. The molecule has 1 aliphatic heterocycles. The van der Waals surface area contributed by atoms with Crippen molar-refractivity contribution in [1.82, 2.24) is 5.32 Å². The quantitative estimate of drug-likeness (QED) is 0.645. The van der Waals surface area contributed by atoms with E-state index in [-0.39, 0.29) is 12.3 Å². The number of thioether (sulfide) groups is 1. The molecule has 1 aliphatic rings. The Kier molecular flexibility index (Phi) is 7.28. The van der Waals surface area contributed by atoms with E-state index in [1.165, 1.54) is 0 Å². The van der Waals surface area contributed by atoms with Gasteiger partial charge in [-0.3, -0.25) is 4.79 Å². The van der Waals surface area contributed by atoms with Crippen LogP contribution in [0.4, 0.5) is 16.2 Å². The molecule has 2 aromatic rings. The van der Waals surface area contributed by atoms with E-state index in [9.17, 15) is 9.59 Å². The Labute approximate surface area is 180 Å². The number of nitrogens with one attached hydrogen (secondary N) is 2. The first-order chi connectivity index (χ1) is 13.9. The highest BCUT2D eigenvalue weighted by Crippen LogP contribution is 2.31. The highest BCUT2D eigenvalue weighted by atomic mass is 35.5. The molecule has 6 nitrogen and oxygen atoms in total. The summed E-state index contributed by atoms with van der Waals surface area (Å²) in [6.45, 7) is 3.86. The molecule has 0 bridgehead atoms. The molecule has 29 heavy (non-hydrogen) atoms. The molecule has 8 heteroatoms. The third-order valence-corrected chi connectivity index (χ3v) is 6.10. The van der Waals surface area contributed by atoms with Gasteiger partial charge in [0.05, 0.1) is 23.2 Å². The largest absolute Gasteiger partial charge is 0.369 e. The zero-order valence-electron chi connectivity index (χ0n) is 16.3. The minimum absolute atomic E-state index is 0.0660. The van der Waals surface area contributed by atoms with Gasteiger partial charge in [0, 0.05) is 30.3 Å². The summed E-state index contributed by atoms with van der Waals surface area (Å²) in [5.41, 5.74) is 8.76. The number of carbonyl (C=O) groups is 2. The molecule has 1 atom stereocenters. The van der Waals surface area contributed by atoms with Crippen molar-refractivity contribution in [2.24, 2.45) is 5.73 Å². The number of aryl methyl sites for hydroxylation is 1. The van der Waals surface area contributed by atoms with E-state index in [1.54, 1.807) is 6.07 Å². The second kappa shape index (κ2) is 9.89. The average Bonchev–Trinajstić information content (AvgIpc) is 2.68. The fraction of sp³-hybridized carbons (Fsp3) is 0.333. The van der Waals surface area contributed by atoms with Gasteiger partial charge in [0.2, 0.25) is 5.91 Å². The Morgan fingerprint density at radius 2 is 1.93 bits per heavy atom. The lowest BCUT2D eigenvalue weighted by Gasteiger charge is -2.29. The van der Waals surface area contributed by atoms with Gasteiger partial charge in [0.1, 0.15) is 0 Å². The second-order valence-corrected chi connectivity index (χ2v) is 8.57. The van der Waals surface area contributed by atoms with Crippen molar-refractivity contribution < 1.29 is 9.59 Å². The zero-order chi connectivity index (χ0) is 20.8. The normalized spacial score (nSPS) is 14.9. The van der Waals surface area contributed by atoms with E-state index in [4.69, 9.17) is 17.3 Å². The van der Waals surface area contributed by atoms with Gasteiger partial charge in [-0.1, -0.05) is 35.9 Å². The Balaban J connectivity index is 1.69. The van der Waals surface area contributed by atoms with Crippen LogP contribution in [0.25, 0.3) is 0 Å². The van der Waals surface area contributed by atoms with Gasteiger partial charge >= 0.3 is 6.03 Å². The highest BCUT2D eigenvalue weighted by Gasteiger charge is 2.20. The molecule has 0 aromatic heterocycles. The van der Waals surface area contributed by atoms with Crippen LogP contribution in [0.5, 0.6) is 0 Å². The molecule has 0 radical (unpaired) electrons. The minimum Gasteiger partial charge on any atom is -0.369 e. The topological polar surface area (TPSA) is 87.5 Å². The smallest absolute Gasteiger partial charge is 0.312 e. The number of rotatable bonds is 6. The Morgan fingerprint density at radius 3 is 2.59 bits per heavy atom. The van der Waals surface area contributed by atoms with E-state index < -0.39 is 12.1 Å². The van der Waals surface area contributed by atoms with Crippen LogP contribution in [-0.4, -0.2) is 36.5 Å². The molecule has 4 N–H and O–H groups in total. The molecule has 154 valence electrons. The van der Waals surface area contributed by atoms with Crippen molar-refractivity contribution >= 4 is 46.7 Å². The summed E-state index contributed by atoms with van der Waals surface area (Å²) >= 11 is 8.40. The average molecular weight is 433 g/mol. The Morgan fingerprint density at radius 1 is 1.21 bits per heavy atom. The van der Waals surface area contributed by atoms with Crippen LogP contribution in [-0.2, 0) is 4.79 Å². The lowest BCUT2D eigenvalue weighted by molar-refractivity contribution is -0.116. The molecular formula is C21H25ClN4O2S. The number of nitrogens with two attached hydrogens (primary N) is 1. The number of amides is 3. The fourth-order valence-electron chi connectivity index (χ4n) is 3.43. The Hall–Kier alpha value is -2.38. The Bertz CT molecular complexity index is 887. The van der Waals surface area contributed by atoms with Gasteiger partial charge in [0.25, 0.3) is 0 Å². The van der Waals surface area contributed by atoms with Crippen LogP contribution in [0, 0.1) is 6.92 Å². The molecule has 1 heterocycles. The molecule has 1 saturated heterocycles. The molecule has 0 aliphatic carbocycles. The van der Waals surface area contributed by atoms with Crippen molar-refractivity contribution in [2.45, 2.75) is 19.4 Å². The van der Waals surface area contributed by atoms with Crippen molar-refractivity contribution in [3.8, 4) is 0 Å². The predicted octanol–water partition coefficient (Wildman–Crippen LogP) is 3.94. The lowest BCUT2D eigenvalue weighted by atomic mass is 9.98. The van der Waals surface area contributed by atoms with Crippen LogP contribution < -0.4 is 21.3 Å². The van der Waals surface area contributed by atoms with Crippen molar-refractivity contribution in [3.63, 3.8) is 0 Å². The van der Waals surface area contributed by atoms with Crippen molar-refractivity contribution in [3.05, 3.63) is 58.6 Å². The summed E-state index contributed by atoms with van der Waals surface area (Å²) in [5.74, 6) is 1.94. The number of hydrogen-bond acceptors (Lipinski definition) is 4. The first kappa shape index (κ1) is 21.3. The monoisotopic (exact) mass is 432 g/mol. The van der Waals surface area contributed by atoms with Gasteiger partial charge in [-0.15, -0.1) is 0 Å². The maximum Gasteiger partial charge on any atom is 0.312 e. The number of primary amides is 1. The third kappa shape index (κ3) is 5.81. The number of carbonyl (C=O) groups excluding carboxylic acids is 2. The molecule has 2 aromatic carbocycles. The highest BCUT2D eigenvalue weighted by molar-refractivity contribution is 7.99. The van der Waals surface area contributed by atoms with Gasteiger partial charge < -0.3 is 21.3 Å². The van der Waals surface area contributed by atoms with Crippen LogP contribution in [0.3, 0.4) is 0 Å². The molecular weight excluding hydrogens is 408 g/mol. The zero-order valence-corrected chi connectivity index (χ0v) is 17.9. The summed E-state index contributed by atoms with van der Waals surface area (Å²) in [6, 6.07) is 12.0. The number of anilines is 2. The number of urea groups is 1. The molecule has 1 unspecified atom stereocenters. The molecule has 0 spiro atoms. The fourth-order valence-corrected chi connectivity index (χ4v) is 4.63. The molecule has 3 rings (SSSR count). The summed E-state index contributed by atoms with van der Waals surface area (Å²) in [5, 5.41) is 6.14. The lowest BCUT2D eigenvalue weighted by Crippen LogP contribution is -2.35. The number of benzene rings is 2. The van der Waals surface area contributed by atoms with E-state index >= 15 is 0 Å². The number of halogens is 1. The summed E-state index contributed by atoms with van der Waals surface area (Å²) in [7, 11) is 0. The standard InChI is InChI=1S/C21H25ClN4O2S/c1-14-4-2-3-5-16(14)18(25-21(23)28)13-20(27)24-15-6-7-19(17(22)12-15)26-8-10-29-11-9-26/h2-7,12,18H,8-11,13H2,1H3,(H,24,27)(H3,23,25,28). The molecule has 0 saturated carbocycles. The van der Waals surface area contributed by atoms with E-state index in [0.717, 1.165) is 41.4 Å². The first-order valence-electron chi connectivity index (χ1n) is 9.47. The SMILES string of the molecule is Cc1ccccc1C(CC(=O)Nc1ccc(N2CCSCC2)c(Cl)c1)NC(N)=O. The summed E-state index contributed by atoms with van der Waals surface area (Å²) in [6.07, 6.45) is 0.0660. The minimum atomic E-state index is -0.668. The van der Waals surface area contributed by atoms with E-state index in [2.05, 4.69) is 15.5 Å². The van der Waals surface area contributed by atoms with Crippen molar-refractivity contribution in [2.75, 3.05) is 34.8 Å². The van der Waals surface area contributed by atoms with Crippen LogP contribution >= 0.6 is 23.4 Å². The summed E-state index contributed by atoms with van der Waals surface area (Å²) < 4.78 is 0. The van der Waals surface area contributed by atoms with Gasteiger partial charge in [-0.25, -0.2) is 4.79 Å². The third-order valence-electron chi connectivity index (χ3n) is 4.85. The van der Waals surface area contributed by atoms with Crippen LogP contribution in [0.15, 0.2) is 42.5 Å². The predicted molar refractivity (Wildman–Crippen MR) is 121 cm³/mol. The van der Waals surface area contributed by atoms with E-state index in [0.29, 0.717) is 10.7 Å². The van der Waals surface area contributed by atoms with Gasteiger partial charge in [-0.05, 0) is 36.2 Å². The molecule has 3 amide bonds. The number of hydrogen-bond donors (Lipinski definition) is 3. The van der Waals surface area contributed by atoms with Gasteiger partial charge in [-0.2, -0.15) is 11.8 Å². The van der Waals surface area contributed by atoms with Gasteiger partial charge in [0.15, 0.2) is 0 Å². The van der Waals surface area contributed by atoms with Crippen LogP contribution in [0.1, 0.15) is 23.6 Å². The van der Waals surface area contributed by atoms with E-state index in [1.807, 2.05) is 55.1 Å². The van der Waals surface area contributed by atoms with Crippen LogP contribution in [0.2, 0.25) is 5.02 Å². The molecule has 1 fully saturated rings. The number of nitrogens with zero attached hydrogens (tertiary/aromatic N) is 1. The second-order valence-electron chi connectivity index (χ2n) is 6.94. The first-order valence-corrected chi connectivity index (χ1v) is 11.0. The maximum absolute atomic E-state index is 12.6.